The van der Waals surface area contributed by atoms with E-state index >= 15 is 0 Å². The van der Waals surface area contributed by atoms with E-state index in [4.69, 9.17) is 4.74 Å². The van der Waals surface area contributed by atoms with E-state index in [1.165, 1.54) is 0 Å². The highest BCUT2D eigenvalue weighted by atomic mass is 79.9. The van der Waals surface area contributed by atoms with E-state index in [2.05, 4.69) is 26.2 Å². The molecule has 1 aromatic carbocycles. The van der Waals surface area contributed by atoms with Gasteiger partial charge in [-0.1, -0.05) is 21.1 Å². The molecule has 4 nitrogen and oxygen atoms in total. The fraction of sp³-hybridized carbons (Fsp3) is 0.400. The Morgan fingerprint density at radius 2 is 2.27 bits per heavy atom. The van der Waals surface area contributed by atoms with Crippen molar-refractivity contribution in [2.75, 3.05) is 7.11 Å². The van der Waals surface area contributed by atoms with Crippen LogP contribution >= 0.6 is 15.9 Å². The number of fused-ring (bicyclic) bond motifs is 1. The van der Waals surface area contributed by atoms with Crippen LogP contribution in [0.2, 0.25) is 0 Å². The van der Waals surface area contributed by atoms with Crippen molar-refractivity contribution < 1.29 is 4.74 Å². The molecular weight excluding hydrogens is 258 g/mol. The standard InChI is InChI=1S/C10H12BrN3O/c1-4-14-10-8(15-3)5-7(11)6(2)9(10)12-13-14/h5H,4H2,1-3H3. The van der Waals surface area contributed by atoms with E-state index < -0.39 is 0 Å². The van der Waals surface area contributed by atoms with Crippen molar-refractivity contribution in [3.05, 3.63) is 16.1 Å². The quantitative estimate of drug-likeness (QED) is 0.841. The van der Waals surface area contributed by atoms with Crippen LogP contribution in [0, 0.1) is 6.92 Å². The summed E-state index contributed by atoms with van der Waals surface area (Å²) < 4.78 is 8.17. The molecule has 0 spiro atoms. The van der Waals surface area contributed by atoms with Crippen molar-refractivity contribution in [1.29, 1.82) is 0 Å². The van der Waals surface area contributed by atoms with E-state index in [0.29, 0.717) is 0 Å². The Bertz CT molecular complexity index is 507. The van der Waals surface area contributed by atoms with E-state index in [-0.39, 0.29) is 0 Å². The molecule has 0 fully saturated rings. The Balaban J connectivity index is 2.86. The summed E-state index contributed by atoms with van der Waals surface area (Å²) in [7, 11) is 1.66. The number of benzene rings is 1. The molecule has 0 aliphatic rings. The molecule has 0 saturated heterocycles. The number of aryl methyl sites for hydroxylation is 2. The molecule has 0 aliphatic carbocycles. The van der Waals surface area contributed by atoms with Gasteiger partial charge in [0.1, 0.15) is 16.8 Å². The average Bonchev–Trinajstić information content (AvgIpc) is 2.67. The number of hydrogen-bond acceptors (Lipinski definition) is 3. The molecule has 2 aromatic rings. The minimum atomic E-state index is 0.786. The van der Waals surface area contributed by atoms with Crippen molar-refractivity contribution in [3.63, 3.8) is 0 Å². The van der Waals surface area contributed by atoms with E-state index in [9.17, 15) is 0 Å². The molecule has 0 amide bonds. The van der Waals surface area contributed by atoms with Gasteiger partial charge in [-0.2, -0.15) is 0 Å². The fourth-order valence-corrected chi connectivity index (χ4v) is 1.99. The lowest BCUT2D eigenvalue weighted by Gasteiger charge is -2.07. The van der Waals surface area contributed by atoms with Crippen LogP contribution in [-0.2, 0) is 6.54 Å². The third kappa shape index (κ3) is 1.51. The number of methoxy groups -OCH3 is 1. The van der Waals surface area contributed by atoms with E-state index in [0.717, 1.165) is 33.4 Å². The van der Waals surface area contributed by atoms with Gasteiger partial charge in [-0.05, 0) is 25.5 Å². The van der Waals surface area contributed by atoms with Gasteiger partial charge < -0.3 is 4.74 Å². The number of hydrogen-bond donors (Lipinski definition) is 0. The highest BCUT2D eigenvalue weighted by Crippen LogP contribution is 2.32. The van der Waals surface area contributed by atoms with Crippen LogP contribution < -0.4 is 4.74 Å². The zero-order chi connectivity index (χ0) is 11.0. The van der Waals surface area contributed by atoms with Gasteiger partial charge in [-0.25, -0.2) is 4.68 Å². The molecule has 1 aromatic heterocycles. The van der Waals surface area contributed by atoms with Crippen LogP contribution in [0.5, 0.6) is 5.75 Å². The maximum Gasteiger partial charge on any atom is 0.147 e. The Morgan fingerprint density at radius 3 is 2.87 bits per heavy atom. The molecule has 15 heavy (non-hydrogen) atoms. The summed E-state index contributed by atoms with van der Waals surface area (Å²) in [6.45, 7) is 4.83. The monoisotopic (exact) mass is 269 g/mol. The van der Waals surface area contributed by atoms with E-state index in [1.807, 2.05) is 24.6 Å². The van der Waals surface area contributed by atoms with Crippen LogP contribution in [0.4, 0.5) is 0 Å². The predicted molar refractivity (Wildman–Crippen MR) is 62.2 cm³/mol. The van der Waals surface area contributed by atoms with Gasteiger partial charge in [0.15, 0.2) is 0 Å². The van der Waals surface area contributed by atoms with Crippen LogP contribution in [-0.4, -0.2) is 22.1 Å². The van der Waals surface area contributed by atoms with Gasteiger partial charge in [-0.15, -0.1) is 5.10 Å². The number of rotatable bonds is 2. The minimum Gasteiger partial charge on any atom is -0.494 e. The fourth-order valence-electron chi connectivity index (χ4n) is 1.59. The SMILES string of the molecule is CCn1nnc2c(C)c(Br)cc(OC)c21. The average molecular weight is 270 g/mol. The largest absolute Gasteiger partial charge is 0.494 e. The first-order chi connectivity index (χ1) is 7.19. The molecule has 0 atom stereocenters. The summed E-state index contributed by atoms with van der Waals surface area (Å²) in [6, 6.07) is 1.95. The Hall–Kier alpha value is -1.10. The van der Waals surface area contributed by atoms with Gasteiger partial charge in [0.2, 0.25) is 0 Å². The third-order valence-corrected chi connectivity index (χ3v) is 3.28. The van der Waals surface area contributed by atoms with Gasteiger partial charge in [0.25, 0.3) is 0 Å². The topological polar surface area (TPSA) is 39.9 Å². The molecule has 0 unspecified atom stereocenters. The lowest BCUT2D eigenvalue weighted by molar-refractivity contribution is 0.416. The molecule has 0 saturated carbocycles. The first-order valence-electron chi connectivity index (χ1n) is 4.75. The number of ether oxygens (including phenoxy) is 1. The first-order valence-corrected chi connectivity index (χ1v) is 5.54. The Morgan fingerprint density at radius 1 is 1.53 bits per heavy atom. The third-order valence-electron chi connectivity index (χ3n) is 2.46. The normalized spacial score (nSPS) is 10.9. The maximum absolute atomic E-state index is 5.33. The van der Waals surface area contributed by atoms with Crippen LogP contribution in [0.1, 0.15) is 12.5 Å². The number of nitrogens with zero attached hydrogens (tertiary/aromatic N) is 3. The van der Waals surface area contributed by atoms with Gasteiger partial charge in [0, 0.05) is 11.0 Å². The lowest BCUT2D eigenvalue weighted by Crippen LogP contribution is -1.98. The van der Waals surface area contributed by atoms with Crippen molar-refractivity contribution in [3.8, 4) is 5.75 Å². The molecular formula is C10H12BrN3O. The number of aromatic nitrogens is 3. The summed E-state index contributed by atoms with van der Waals surface area (Å²) >= 11 is 3.48. The number of halogens is 1. The first kappa shape index (κ1) is 10.4. The van der Waals surface area contributed by atoms with Gasteiger partial charge in [0.05, 0.1) is 7.11 Å². The molecule has 80 valence electrons. The summed E-state index contributed by atoms with van der Waals surface area (Å²) in [6.07, 6.45) is 0. The Kier molecular flexibility index (Phi) is 2.65. The molecule has 1 heterocycles. The Labute approximate surface area is 96.3 Å². The zero-order valence-electron chi connectivity index (χ0n) is 8.91. The van der Waals surface area contributed by atoms with Crippen molar-refractivity contribution in [1.82, 2.24) is 15.0 Å². The highest BCUT2D eigenvalue weighted by Gasteiger charge is 2.14. The lowest BCUT2D eigenvalue weighted by atomic mass is 10.2. The predicted octanol–water partition coefficient (Wildman–Crippen LogP) is 2.53. The van der Waals surface area contributed by atoms with Crippen LogP contribution in [0.25, 0.3) is 11.0 Å². The van der Waals surface area contributed by atoms with Crippen LogP contribution in [0.15, 0.2) is 10.5 Å². The van der Waals surface area contributed by atoms with E-state index in [1.54, 1.807) is 7.11 Å². The summed E-state index contributed by atoms with van der Waals surface area (Å²) in [5.41, 5.74) is 2.94. The van der Waals surface area contributed by atoms with Crippen LogP contribution in [0.3, 0.4) is 0 Å². The van der Waals surface area contributed by atoms with Crippen molar-refractivity contribution >= 4 is 27.0 Å². The van der Waals surface area contributed by atoms with Gasteiger partial charge in [-0.3, -0.25) is 0 Å². The maximum atomic E-state index is 5.33. The zero-order valence-corrected chi connectivity index (χ0v) is 10.5. The molecule has 0 bridgehead atoms. The summed E-state index contributed by atoms with van der Waals surface area (Å²) in [4.78, 5) is 0. The molecule has 0 aliphatic heterocycles. The highest BCUT2D eigenvalue weighted by molar-refractivity contribution is 9.10. The molecule has 0 radical (unpaired) electrons. The van der Waals surface area contributed by atoms with Gasteiger partial charge >= 0.3 is 0 Å². The second-order valence-electron chi connectivity index (χ2n) is 3.29. The minimum absolute atomic E-state index is 0.786. The smallest absolute Gasteiger partial charge is 0.147 e. The second-order valence-corrected chi connectivity index (χ2v) is 4.14. The van der Waals surface area contributed by atoms with Crippen molar-refractivity contribution in [2.45, 2.75) is 20.4 Å². The summed E-state index contributed by atoms with van der Waals surface area (Å²) in [5.74, 6) is 0.800. The summed E-state index contributed by atoms with van der Waals surface area (Å²) in [5, 5.41) is 8.25. The second kappa shape index (κ2) is 3.81. The van der Waals surface area contributed by atoms with Crippen molar-refractivity contribution in [2.24, 2.45) is 0 Å². The molecule has 0 N–H and O–H groups in total. The molecule has 5 heteroatoms. The molecule has 2 rings (SSSR count).